The van der Waals surface area contributed by atoms with Gasteiger partial charge in [0.1, 0.15) is 17.0 Å². The Morgan fingerprint density at radius 2 is 1.95 bits per heavy atom. The van der Waals surface area contributed by atoms with Gasteiger partial charge in [-0.3, -0.25) is 9.59 Å². The number of anilines is 1. The molecule has 0 bridgehead atoms. The molecule has 3 aromatic heterocycles. The SMILES string of the molecule is Cc1noc(C)c1C(=O)N1CCC(c2cn(C)c3ncc(NC(=O)c4cccc(C#N)c4)c(C)c23)CC1. The van der Waals surface area contributed by atoms with Gasteiger partial charge in [-0.05, 0) is 68.9 Å². The van der Waals surface area contributed by atoms with Crippen molar-refractivity contribution in [3.8, 4) is 6.07 Å². The van der Waals surface area contributed by atoms with E-state index < -0.39 is 0 Å². The number of benzene rings is 1. The van der Waals surface area contributed by atoms with Crippen LogP contribution >= 0.6 is 0 Å². The highest BCUT2D eigenvalue weighted by atomic mass is 16.5. The molecule has 0 atom stereocenters. The maximum Gasteiger partial charge on any atom is 0.259 e. The monoisotopic (exact) mass is 496 g/mol. The van der Waals surface area contributed by atoms with Crippen LogP contribution in [-0.4, -0.2) is 44.5 Å². The first-order chi connectivity index (χ1) is 17.8. The Labute approximate surface area is 214 Å². The van der Waals surface area contributed by atoms with Crippen LogP contribution in [0.3, 0.4) is 0 Å². The molecule has 9 heteroatoms. The Morgan fingerprint density at radius 3 is 2.62 bits per heavy atom. The van der Waals surface area contributed by atoms with Gasteiger partial charge in [0, 0.05) is 37.3 Å². The molecule has 0 aliphatic carbocycles. The maximum atomic E-state index is 13.1. The number of nitriles is 1. The fourth-order valence-corrected chi connectivity index (χ4v) is 5.24. The number of carbonyl (C=O) groups is 2. The maximum absolute atomic E-state index is 13.1. The summed E-state index contributed by atoms with van der Waals surface area (Å²) in [6.07, 6.45) is 5.44. The summed E-state index contributed by atoms with van der Waals surface area (Å²) < 4.78 is 7.20. The number of aromatic nitrogens is 3. The first kappa shape index (κ1) is 24.3. The van der Waals surface area contributed by atoms with Crippen molar-refractivity contribution in [2.45, 2.75) is 39.5 Å². The minimum atomic E-state index is -0.287. The summed E-state index contributed by atoms with van der Waals surface area (Å²) >= 11 is 0. The number of rotatable bonds is 4. The van der Waals surface area contributed by atoms with Crippen LogP contribution in [0.15, 0.2) is 41.2 Å². The van der Waals surface area contributed by atoms with Gasteiger partial charge < -0.3 is 19.3 Å². The Balaban J connectivity index is 1.38. The Morgan fingerprint density at radius 1 is 1.19 bits per heavy atom. The summed E-state index contributed by atoms with van der Waals surface area (Å²) in [4.78, 5) is 32.5. The molecule has 1 aliphatic heterocycles. The number of nitrogens with one attached hydrogen (secondary N) is 1. The number of pyridine rings is 1. The molecule has 1 fully saturated rings. The van der Waals surface area contributed by atoms with Gasteiger partial charge in [0.05, 0.1) is 29.2 Å². The molecule has 188 valence electrons. The van der Waals surface area contributed by atoms with E-state index in [0.717, 1.165) is 29.4 Å². The van der Waals surface area contributed by atoms with Crippen molar-refractivity contribution < 1.29 is 14.1 Å². The summed E-state index contributed by atoms with van der Waals surface area (Å²) in [7, 11) is 1.97. The molecular formula is C28H28N6O3. The molecule has 1 aliphatic rings. The molecule has 1 aromatic carbocycles. The van der Waals surface area contributed by atoms with Crippen molar-refractivity contribution >= 4 is 28.5 Å². The van der Waals surface area contributed by atoms with Crippen LogP contribution in [0.4, 0.5) is 5.69 Å². The number of carbonyl (C=O) groups excluding carboxylic acids is 2. The third kappa shape index (κ3) is 4.35. The summed E-state index contributed by atoms with van der Waals surface area (Å²) in [6.45, 7) is 6.83. The van der Waals surface area contributed by atoms with Gasteiger partial charge in [-0.15, -0.1) is 0 Å². The van der Waals surface area contributed by atoms with Crippen molar-refractivity contribution in [2.24, 2.45) is 7.05 Å². The molecule has 4 aromatic rings. The van der Waals surface area contributed by atoms with Crippen LogP contribution in [0, 0.1) is 32.1 Å². The molecule has 9 nitrogen and oxygen atoms in total. The molecule has 37 heavy (non-hydrogen) atoms. The van der Waals surface area contributed by atoms with Crippen LogP contribution in [0.1, 0.15) is 67.6 Å². The fourth-order valence-electron chi connectivity index (χ4n) is 5.24. The van der Waals surface area contributed by atoms with Gasteiger partial charge in [0.25, 0.3) is 11.8 Å². The van der Waals surface area contributed by atoms with Crippen LogP contribution < -0.4 is 5.32 Å². The Bertz CT molecular complexity index is 1550. The van der Waals surface area contributed by atoms with E-state index in [1.807, 2.05) is 23.4 Å². The third-order valence-electron chi connectivity index (χ3n) is 7.25. The Hall–Kier alpha value is -4.45. The zero-order chi connectivity index (χ0) is 26.3. The van der Waals surface area contributed by atoms with E-state index in [-0.39, 0.29) is 17.7 Å². The second-order valence-corrected chi connectivity index (χ2v) is 9.60. The second-order valence-electron chi connectivity index (χ2n) is 9.60. The number of aryl methyl sites for hydroxylation is 4. The summed E-state index contributed by atoms with van der Waals surface area (Å²) in [6, 6.07) is 8.68. The molecule has 0 radical (unpaired) electrons. The summed E-state index contributed by atoms with van der Waals surface area (Å²) in [5, 5.41) is 17.1. The number of likely N-dealkylation sites (tertiary alicyclic amines) is 1. The lowest BCUT2D eigenvalue weighted by Gasteiger charge is -2.32. The van der Waals surface area contributed by atoms with Gasteiger partial charge in [0.15, 0.2) is 0 Å². The van der Waals surface area contributed by atoms with Gasteiger partial charge in [-0.2, -0.15) is 5.26 Å². The number of amides is 2. The van der Waals surface area contributed by atoms with Crippen LogP contribution in [0.25, 0.3) is 11.0 Å². The zero-order valence-corrected chi connectivity index (χ0v) is 21.3. The number of hydrogen-bond acceptors (Lipinski definition) is 6. The molecule has 0 saturated carbocycles. The lowest BCUT2D eigenvalue weighted by atomic mass is 9.88. The quantitative estimate of drug-likeness (QED) is 0.440. The number of hydrogen-bond donors (Lipinski definition) is 1. The van der Waals surface area contributed by atoms with Crippen molar-refractivity contribution in [1.82, 2.24) is 19.6 Å². The van der Waals surface area contributed by atoms with E-state index in [4.69, 9.17) is 9.78 Å². The standard InChI is InChI=1S/C28H28N6O3/c1-16-23(31-27(35)21-7-5-6-19(12-21)13-29)14-30-26-24(16)22(15-33(26)4)20-8-10-34(11-9-20)28(36)25-17(2)32-37-18(25)3/h5-7,12,14-15,20H,8-11H2,1-4H3,(H,31,35). The van der Waals surface area contributed by atoms with Gasteiger partial charge in [-0.25, -0.2) is 4.98 Å². The molecule has 1 N–H and O–H groups in total. The smallest absolute Gasteiger partial charge is 0.259 e. The predicted octanol–water partition coefficient (Wildman–Crippen LogP) is 4.63. The Kier molecular flexibility index (Phi) is 6.25. The molecule has 4 heterocycles. The highest BCUT2D eigenvalue weighted by Crippen LogP contribution is 2.37. The fraction of sp³-hybridized carbons (Fsp3) is 0.321. The lowest BCUT2D eigenvalue weighted by molar-refractivity contribution is 0.0710. The molecule has 0 unspecified atom stereocenters. The second kappa shape index (κ2) is 9.54. The minimum Gasteiger partial charge on any atom is -0.361 e. The van der Waals surface area contributed by atoms with E-state index in [9.17, 15) is 9.59 Å². The average molecular weight is 497 g/mol. The third-order valence-corrected chi connectivity index (χ3v) is 7.25. The zero-order valence-electron chi connectivity index (χ0n) is 21.3. The van der Waals surface area contributed by atoms with Crippen LogP contribution in [0.2, 0.25) is 0 Å². The summed E-state index contributed by atoms with van der Waals surface area (Å²) in [5.74, 6) is 0.492. The molecular weight excluding hydrogens is 468 g/mol. The normalized spacial score (nSPS) is 14.1. The van der Waals surface area contributed by atoms with Crippen molar-refractivity contribution in [3.63, 3.8) is 0 Å². The minimum absolute atomic E-state index is 0.0315. The van der Waals surface area contributed by atoms with Crippen molar-refractivity contribution in [1.29, 1.82) is 5.26 Å². The van der Waals surface area contributed by atoms with Gasteiger partial charge in [-0.1, -0.05) is 11.2 Å². The van der Waals surface area contributed by atoms with Crippen LogP contribution in [0.5, 0.6) is 0 Å². The number of piperidine rings is 1. The molecule has 2 amide bonds. The van der Waals surface area contributed by atoms with Crippen molar-refractivity contribution in [2.75, 3.05) is 18.4 Å². The largest absolute Gasteiger partial charge is 0.361 e. The molecule has 1 saturated heterocycles. The summed E-state index contributed by atoms with van der Waals surface area (Å²) in [5.41, 5.74) is 5.64. The van der Waals surface area contributed by atoms with E-state index >= 15 is 0 Å². The van der Waals surface area contributed by atoms with E-state index in [2.05, 4.69) is 27.7 Å². The van der Waals surface area contributed by atoms with Gasteiger partial charge in [0.2, 0.25) is 0 Å². The first-order valence-electron chi connectivity index (χ1n) is 12.3. The highest BCUT2D eigenvalue weighted by Gasteiger charge is 2.30. The van der Waals surface area contributed by atoms with Crippen LogP contribution in [-0.2, 0) is 7.05 Å². The first-order valence-corrected chi connectivity index (χ1v) is 12.3. The molecule has 0 spiro atoms. The van der Waals surface area contributed by atoms with Gasteiger partial charge >= 0.3 is 0 Å². The van der Waals surface area contributed by atoms with E-state index in [1.165, 1.54) is 5.56 Å². The average Bonchev–Trinajstić information content (AvgIpc) is 3.43. The topological polar surface area (TPSA) is 117 Å². The molecule has 5 rings (SSSR count). The highest BCUT2D eigenvalue weighted by molar-refractivity contribution is 6.06. The van der Waals surface area contributed by atoms with E-state index in [1.54, 1.807) is 44.3 Å². The number of fused-ring (bicyclic) bond motifs is 1. The van der Waals surface area contributed by atoms with Crippen molar-refractivity contribution in [3.05, 3.63) is 75.9 Å². The number of nitrogens with zero attached hydrogens (tertiary/aromatic N) is 5. The lowest BCUT2D eigenvalue weighted by Crippen LogP contribution is -2.38. The predicted molar refractivity (Wildman–Crippen MR) is 138 cm³/mol. The van der Waals surface area contributed by atoms with E-state index in [0.29, 0.717) is 46.9 Å².